The van der Waals surface area contributed by atoms with Crippen molar-refractivity contribution in [2.45, 2.75) is 58.8 Å². The molecule has 3 nitrogen and oxygen atoms in total. The van der Waals surface area contributed by atoms with Crippen LogP contribution in [0.15, 0.2) is 16.6 Å². The molecule has 1 fully saturated rings. The summed E-state index contributed by atoms with van der Waals surface area (Å²) in [7, 11) is 0. The van der Waals surface area contributed by atoms with Gasteiger partial charge in [0.2, 0.25) is 0 Å². The molecule has 0 unspecified atom stereocenters. The maximum atomic E-state index is 12.8. The van der Waals surface area contributed by atoms with E-state index in [1.807, 2.05) is 39.8 Å². The molecule has 2 rings (SSSR count). The number of ether oxygens (including phenoxy) is 1. The van der Waals surface area contributed by atoms with Crippen LogP contribution in [0.5, 0.6) is 0 Å². The molecule has 0 saturated carbocycles. The lowest BCUT2D eigenvalue weighted by Crippen LogP contribution is -2.42. The highest BCUT2D eigenvalue weighted by Gasteiger charge is 2.42. The van der Waals surface area contributed by atoms with Crippen LogP contribution in [-0.4, -0.2) is 25.3 Å². The van der Waals surface area contributed by atoms with E-state index in [2.05, 4.69) is 15.9 Å². The van der Waals surface area contributed by atoms with Crippen LogP contribution in [0.1, 0.15) is 67.9 Å². The second-order valence-electron chi connectivity index (χ2n) is 5.66. The maximum Gasteiger partial charge on any atom is 0.150 e. The van der Waals surface area contributed by atoms with E-state index in [0.717, 1.165) is 28.3 Å². The Bertz CT molecular complexity index is 546. The summed E-state index contributed by atoms with van der Waals surface area (Å²) in [4.78, 5) is 24.0. The van der Waals surface area contributed by atoms with Gasteiger partial charge in [0.15, 0.2) is 0 Å². The van der Waals surface area contributed by atoms with Crippen molar-refractivity contribution >= 4 is 28.0 Å². The van der Waals surface area contributed by atoms with Gasteiger partial charge in [-0.15, -0.1) is 0 Å². The molecular weight excluding hydrogens is 356 g/mol. The van der Waals surface area contributed by atoms with E-state index in [-0.39, 0.29) is 5.78 Å². The highest BCUT2D eigenvalue weighted by molar-refractivity contribution is 9.10. The minimum Gasteiger partial charge on any atom is -0.381 e. The Hall–Kier alpha value is -1.00. The fourth-order valence-corrected chi connectivity index (χ4v) is 3.63. The molecule has 0 radical (unpaired) electrons. The van der Waals surface area contributed by atoms with Gasteiger partial charge in [-0.2, -0.15) is 0 Å². The molecule has 1 aliphatic rings. The molecule has 0 atom stereocenters. The largest absolute Gasteiger partial charge is 0.381 e. The van der Waals surface area contributed by atoms with Crippen LogP contribution < -0.4 is 0 Å². The number of carbonyl (C=O) groups is 2. The third kappa shape index (κ3) is 4.30. The van der Waals surface area contributed by atoms with Crippen LogP contribution >= 0.6 is 15.9 Å². The number of hydrogen-bond acceptors (Lipinski definition) is 3. The summed E-state index contributed by atoms with van der Waals surface area (Å²) in [5.74, 6) is 0.270. The number of benzene rings is 1. The molecule has 0 aromatic heterocycles. The lowest BCUT2D eigenvalue weighted by Gasteiger charge is -2.38. The number of rotatable bonds is 5. The average Bonchev–Trinajstić information content (AvgIpc) is 2.59. The van der Waals surface area contributed by atoms with Crippen molar-refractivity contribution in [3.05, 3.63) is 33.3 Å². The van der Waals surface area contributed by atoms with E-state index in [9.17, 15) is 9.59 Å². The van der Waals surface area contributed by atoms with Gasteiger partial charge in [0.25, 0.3) is 0 Å². The van der Waals surface area contributed by atoms with Crippen LogP contribution in [0.2, 0.25) is 0 Å². The monoisotopic (exact) mass is 382 g/mol. The standard InChI is InChI=1S/C17H21BrO3.C2H6/c1-3-4-16(20)17(5-7-21-8-6-17)14-9-13(11-19)10-15(18)12(14)2;1-2/h9-11H,3-8H2,1-2H3;1-2H3. The van der Waals surface area contributed by atoms with Gasteiger partial charge in [0.05, 0.1) is 5.41 Å². The van der Waals surface area contributed by atoms with Gasteiger partial charge in [-0.05, 0) is 49.4 Å². The summed E-state index contributed by atoms with van der Waals surface area (Å²) in [6, 6.07) is 3.69. The normalized spacial score (nSPS) is 16.2. The van der Waals surface area contributed by atoms with E-state index >= 15 is 0 Å². The molecule has 0 amide bonds. The van der Waals surface area contributed by atoms with E-state index in [0.29, 0.717) is 38.0 Å². The molecule has 1 aliphatic heterocycles. The number of Topliss-reactive ketones (excluding diaryl/α,β-unsaturated/α-hetero) is 1. The SMILES string of the molecule is CC.CCCC(=O)C1(c2cc(C=O)cc(Br)c2C)CCOCC1. The molecule has 1 aromatic carbocycles. The molecule has 1 aromatic rings. The quantitative estimate of drug-likeness (QED) is 0.671. The highest BCUT2D eigenvalue weighted by atomic mass is 79.9. The van der Waals surface area contributed by atoms with Crippen LogP contribution in [0.25, 0.3) is 0 Å². The molecule has 0 spiro atoms. The lowest BCUT2D eigenvalue weighted by molar-refractivity contribution is -0.128. The molecule has 0 N–H and O–H groups in total. The molecule has 128 valence electrons. The summed E-state index contributed by atoms with van der Waals surface area (Å²) < 4.78 is 6.35. The smallest absolute Gasteiger partial charge is 0.150 e. The zero-order chi connectivity index (χ0) is 17.5. The van der Waals surface area contributed by atoms with Crippen LogP contribution in [0, 0.1) is 6.92 Å². The highest BCUT2D eigenvalue weighted by Crippen LogP contribution is 2.41. The minimum atomic E-state index is -0.500. The van der Waals surface area contributed by atoms with Crippen molar-refractivity contribution < 1.29 is 14.3 Å². The van der Waals surface area contributed by atoms with Gasteiger partial charge in [0, 0.05) is 29.7 Å². The molecule has 1 heterocycles. The van der Waals surface area contributed by atoms with Crippen molar-refractivity contribution in [1.82, 2.24) is 0 Å². The van der Waals surface area contributed by atoms with Crippen LogP contribution in [-0.2, 0) is 14.9 Å². The summed E-state index contributed by atoms with van der Waals surface area (Å²) in [5.41, 5.74) is 2.14. The van der Waals surface area contributed by atoms with E-state index < -0.39 is 5.41 Å². The molecular formula is C19H27BrO3. The second-order valence-corrected chi connectivity index (χ2v) is 6.52. The Labute approximate surface area is 147 Å². The van der Waals surface area contributed by atoms with Crippen LogP contribution in [0.3, 0.4) is 0 Å². The fraction of sp³-hybridized carbons (Fsp3) is 0.579. The Morgan fingerprint density at radius 3 is 2.43 bits per heavy atom. The summed E-state index contributed by atoms with van der Waals surface area (Å²) in [6.45, 7) is 9.22. The van der Waals surface area contributed by atoms with E-state index in [4.69, 9.17) is 4.74 Å². The van der Waals surface area contributed by atoms with Gasteiger partial charge in [0.1, 0.15) is 12.1 Å². The molecule has 1 saturated heterocycles. The molecule has 4 heteroatoms. The van der Waals surface area contributed by atoms with Crippen LogP contribution in [0.4, 0.5) is 0 Å². The van der Waals surface area contributed by atoms with Gasteiger partial charge in [-0.1, -0.05) is 36.7 Å². The Kier molecular flexibility index (Phi) is 8.13. The fourth-order valence-electron chi connectivity index (χ4n) is 3.15. The number of ketones is 1. The third-order valence-corrected chi connectivity index (χ3v) is 5.20. The summed E-state index contributed by atoms with van der Waals surface area (Å²) >= 11 is 3.52. The van der Waals surface area contributed by atoms with Gasteiger partial charge >= 0.3 is 0 Å². The first kappa shape index (κ1) is 20.0. The topological polar surface area (TPSA) is 43.4 Å². The summed E-state index contributed by atoms with van der Waals surface area (Å²) in [6.07, 6.45) is 3.64. The van der Waals surface area contributed by atoms with Gasteiger partial charge in [-0.25, -0.2) is 0 Å². The zero-order valence-corrected chi connectivity index (χ0v) is 16.2. The minimum absolute atomic E-state index is 0.270. The van der Waals surface area contributed by atoms with E-state index in [1.54, 1.807) is 0 Å². The van der Waals surface area contributed by atoms with Crippen molar-refractivity contribution in [2.75, 3.05) is 13.2 Å². The molecule has 23 heavy (non-hydrogen) atoms. The first-order chi connectivity index (χ1) is 11.0. The third-order valence-electron chi connectivity index (χ3n) is 4.38. The van der Waals surface area contributed by atoms with Gasteiger partial charge < -0.3 is 4.74 Å². The van der Waals surface area contributed by atoms with Crippen molar-refractivity contribution in [3.63, 3.8) is 0 Å². The first-order valence-corrected chi connectivity index (χ1v) is 9.21. The lowest BCUT2D eigenvalue weighted by atomic mass is 9.68. The molecule has 0 bridgehead atoms. The maximum absolute atomic E-state index is 12.8. The average molecular weight is 383 g/mol. The predicted molar refractivity (Wildman–Crippen MR) is 97.3 cm³/mol. The molecule has 0 aliphatic carbocycles. The Morgan fingerprint density at radius 1 is 1.30 bits per heavy atom. The van der Waals surface area contributed by atoms with E-state index in [1.165, 1.54) is 0 Å². The number of aldehydes is 1. The predicted octanol–water partition coefficient (Wildman–Crippen LogP) is 5.01. The zero-order valence-electron chi connectivity index (χ0n) is 14.6. The summed E-state index contributed by atoms with van der Waals surface area (Å²) in [5, 5.41) is 0. The number of halogens is 1. The number of hydrogen-bond donors (Lipinski definition) is 0. The van der Waals surface area contributed by atoms with Gasteiger partial charge in [-0.3, -0.25) is 9.59 Å². The van der Waals surface area contributed by atoms with Crippen molar-refractivity contribution in [1.29, 1.82) is 0 Å². The first-order valence-electron chi connectivity index (χ1n) is 8.42. The number of carbonyl (C=O) groups excluding carboxylic acids is 2. The van der Waals surface area contributed by atoms with Crippen molar-refractivity contribution in [2.24, 2.45) is 0 Å². The second kappa shape index (κ2) is 9.33. The van der Waals surface area contributed by atoms with Crippen molar-refractivity contribution in [3.8, 4) is 0 Å². The Morgan fingerprint density at radius 2 is 1.91 bits per heavy atom. The Balaban J connectivity index is 0.00000127.